The Morgan fingerprint density at radius 1 is 1.03 bits per heavy atom. The molecule has 30 heavy (non-hydrogen) atoms. The molecule has 0 fully saturated rings. The number of rotatable bonds is 8. The van der Waals surface area contributed by atoms with Gasteiger partial charge in [0.15, 0.2) is 11.7 Å². The van der Waals surface area contributed by atoms with Crippen LogP contribution in [0.5, 0.6) is 11.5 Å². The molecule has 0 unspecified atom stereocenters. The van der Waals surface area contributed by atoms with Gasteiger partial charge in [-0.15, -0.1) is 0 Å². The van der Waals surface area contributed by atoms with Crippen molar-refractivity contribution in [2.24, 2.45) is 0 Å². The second-order valence-electron chi connectivity index (χ2n) is 6.04. The fourth-order valence-electron chi connectivity index (χ4n) is 2.19. The number of methoxy groups -OCH3 is 1. The number of halogens is 1. The Balaban J connectivity index is 1.82. The van der Waals surface area contributed by atoms with E-state index in [2.05, 4.69) is 32.1 Å². The van der Waals surface area contributed by atoms with Crippen LogP contribution in [-0.2, 0) is 9.53 Å². The van der Waals surface area contributed by atoms with Crippen LogP contribution in [-0.4, -0.2) is 43.9 Å². The number of ether oxygens (including phenoxy) is 3. The van der Waals surface area contributed by atoms with Crippen LogP contribution in [0.15, 0.2) is 46.9 Å². The summed E-state index contributed by atoms with van der Waals surface area (Å²) in [4.78, 5) is 24.4. The highest BCUT2D eigenvalue weighted by atomic mass is 79.9. The Morgan fingerprint density at radius 3 is 2.47 bits per heavy atom. The average molecular weight is 496 g/mol. The van der Waals surface area contributed by atoms with E-state index in [0.717, 1.165) is 5.56 Å². The van der Waals surface area contributed by atoms with E-state index in [-0.39, 0.29) is 23.9 Å². The maximum absolute atomic E-state index is 12.5. The molecule has 0 heterocycles. The highest BCUT2D eigenvalue weighted by Gasteiger charge is 2.15. The average Bonchev–Trinajstić information content (AvgIpc) is 2.73. The van der Waals surface area contributed by atoms with E-state index in [0.29, 0.717) is 22.6 Å². The van der Waals surface area contributed by atoms with E-state index in [9.17, 15) is 9.59 Å². The number of benzene rings is 2. The van der Waals surface area contributed by atoms with Gasteiger partial charge in [-0.25, -0.2) is 0 Å². The Bertz CT molecular complexity index is 893. The van der Waals surface area contributed by atoms with Crippen LogP contribution in [0.1, 0.15) is 15.9 Å². The summed E-state index contributed by atoms with van der Waals surface area (Å²) < 4.78 is 16.6. The summed E-state index contributed by atoms with van der Waals surface area (Å²) in [6.45, 7) is 2.42. The van der Waals surface area contributed by atoms with Gasteiger partial charge in [0.05, 0.1) is 12.2 Å². The summed E-state index contributed by atoms with van der Waals surface area (Å²) in [7, 11) is 1.56. The maximum Gasteiger partial charge on any atom is 0.276 e. The van der Waals surface area contributed by atoms with Crippen molar-refractivity contribution < 1.29 is 23.8 Å². The zero-order chi connectivity index (χ0) is 21.9. The molecule has 0 aromatic heterocycles. The molecule has 0 saturated carbocycles. The fraction of sp³-hybridized carbons (Fsp3) is 0.250. The first-order chi connectivity index (χ1) is 14.4. The molecule has 2 aromatic rings. The van der Waals surface area contributed by atoms with E-state index in [4.69, 9.17) is 26.4 Å². The number of thiocarbonyl (C=S) groups is 1. The van der Waals surface area contributed by atoms with Crippen molar-refractivity contribution >= 4 is 45.1 Å². The van der Waals surface area contributed by atoms with Crippen molar-refractivity contribution in [1.29, 1.82) is 0 Å². The molecule has 160 valence electrons. The summed E-state index contributed by atoms with van der Waals surface area (Å²) in [6, 6.07) is 12.3. The van der Waals surface area contributed by atoms with Crippen LogP contribution < -0.4 is 25.6 Å². The Kier molecular flexibility index (Phi) is 9.52. The smallest absolute Gasteiger partial charge is 0.276 e. The number of carbonyl (C=O) groups excluding carboxylic acids is 2. The van der Waals surface area contributed by atoms with Gasteiger partial charge < -0.3 is 14.2 Å². The van der Waals surface area contributed by atoms with Gasteiger partial charge in [0, 0.05) is 11.6 Å². The van der Waals surface area contributed by atoms with Crippen LogP contribution in [0.2, 0.25) is 0 Å². The molecule has 2 rings (SSSR count). The SMILES string of the molecule is COCCOc1ccc(Br)cc1C(=O)NC(=S)NNC(=O)COc1ccc(C)cc1. The molecule has 0 aliphatic heterocycles. The van der Waals surface area contributed by atoms with Crippen molar-refractivity contribution in [3.05, 3.63) is 58.1 Å². The van der Waals surface area contributed by atoms with Gasteiger partial charge >= 0.3 is 0 Å². The fourth-order valence-corrected chi connectivity index (χ4v) is 2.69. The molecular weight excluding hydrogens is 474 g/mol. The first-order valence-corrected chi connectivity index (χ1v) is 10.1. The van der Waals surface area contributed by atoms with E-state index >= 15 is 0 Å². The minimum atomic E-state index is -0.494. The number of hydrazine groups is 1. The first kappa shape index (κ1) is 23.6. The first-order valence-electron chi connectivity index (χ1n) is 8.90. The lowest BCUT2D eigenvalue weighted by Crippen LogP contribution is -2.49. The molecule has 0 bridgehead atoms. The summed E-state index contributed by atoms with van der Waals surface area (Å²) in [5.41, 5.74) is 6.19. The topological polar surface area (TPSA) is 97.9 Å². The third kappa shape index (κ3) is 7.97. The minimum absolute atomic E-state index is 0.0773. The Hall–Kier alpha value is -2.69. The number of hydrogen-bond acceptors (Lipinski definition) is 6. The Labute approximate surface area is 188 Å². The van der Waals surface area contributed by atoms with Crippen molar-refractivity contribution in [1.82, 2.24) is 16.2 Å². The summed E-state index contributed by atoms with van der Waals surface area (Å²) in [5.74, 6) is -0.00189. The molecule has 2 aromatic carbocycles. The molecule has 8 nitrogen and oxygen atoms in total. The predicted octanol–water partition coefficient (Wildman–Crippen LogP) is 2.50. The summed E-state index contributed by atoms with van der Waals surface area (Å²) in [5, 5.41) is 2.41. The van der Waals surface area contributed by atoms with Gasteiger partial charge in [0.25, 0.3) is 11.8 Å². The van der Waals surface area contributed by atoms with Gasteiger partial charge in [-0.2, -0.15) is 0 Å². The summed E-state index contributed by atoms with van der Waals surface area (Å²) in [6.07, 6.45) is 0. The molecular formula is C20H22BrN3O5S. The second-order valence-corrected chi connectivity index (χ2v) is 7.36. The number of nitrogens with one attached hydrogen (secondary N) is 3. The van der Waals surface area contributed by atoms with E-state index in [1.165, 1.54) is 0 Å². The summed E-state index contributed by atoms with van der Waals surface area (Å²) >= 11 is 8.38. The van der Waals surface area contributed by atoms with Crippen LogP contribution in [0.3, 0.4) is 0 Å². The van der Waals surface area contributed by atoms with Crippen LogP contribution in [0.4, 0.5) is 0 Å². The van der Waals surface area contributed by atoms with Crippen molar-refractivity contribution in [3.63, 3.8) is 0 Å². The van der Waals surface area contributed by atoms with Gasteiger partial charge in [-0.1, -0.05) is 33.6 Å². The molecule has 0 saturated heterocycles. The van der Waals surface area contributed by atoms with E-state index < -0.39 is 11.8 Å². The number of carbonyl (C=O) groups is 2. The normalized spacial score (nSPS) is 10.1. The van der Waals surface area contributed by atoms with Crippen molar-refractivity contribution in [2.45, 2.75) is 6.92 Å². The van der Waals surface area contributed by atoms with Gasteiger partial charge in [0.1, 0.15) is 18.1 Å². The third-order valence-corrected chi connectivity index (χ3v) is 4.36. The van der Waals surface area contributed by atoms with E-state index in [1.54, 1.807) is 37.4 Å². The van der Waals surface area contributed by atoms with E-state index in [1.807, 2.05) is 19.1 Å². The molecule has 3 N–H and O–H groups in total. The molecule has 0 atom stereocenters. The molecule has 0 aliphatic carbocycles. The zero-order valence-corrected chi connectivity index (χ0v) is 18.9. The maximum atomic E-state index is 12.5. The predicted molar refractivity (Wildman–Crippen MR) is 120 cm³/mol. The lowest BCUT2D eigenvalue weighted by Gasteiger charge is -2.14. The number of hydrogen-bond donors (Lipinski definition) is 3. The number of aryl methyl sites for hydroxylation is 1. The monoisotopic (exact) mass is 495 g/mol. The molecule has 10 heteroatoms. The number of amides is 2. The zero-order valence-electron chi connectivity index (χ0n) is 16.5. The van der Waals surface area contributed by atoms with Crippen LogP contribution in [0.25, 0.3) is 0 Å². The van der Waals surface area contributed by atoms with Gasteiger partial charge in [0.2, 0.25) is 0 Å². The highest BCUT2D eigenvalue weighted by molar-refractivity contribution is 9.10. The second kappa shape index (κ2) is 12.1. The quantitative estimate of drug-likeness (QED) is 0.294. The van der Waals surface area contributed by atoms with Gasteiger partial charge in [-0.05, 0) is 49.5 Å². The van der Waals surface area contributed by atoms with Crippen LogP contribution >= 0.6 is 28.1 Å². The largest absolute Gasteiger partial charge is 0.490 e. The van der Waals surface area contributed by atoms with Gasteiger partial charge in [-0.3, -0.25) is 25.8 Å². The molecule has 2 amide bonds. The third-order valence-electron chi connectivity index (χ3n) is 3.66. The van der Waals surface area contributed by atoms with Crippen molar-refractivity contribution in [2.75, 3.05) is 26.9 Å². The lowest BCUT2D eigenvalue weighted by molar-refractivity contribution is -0.123. The Morgan fingerprint density at radius 2 is 1.77 bits per heavy atom. The highest BCUT2D eigenvalue weighted by Crippen LogP contribution is 2.23. The molecule has 0 spiro atoms. The minimum Gasteiger partial charge on any atom is -0.490 e. The standard InChI is InChI=1S/C20H22BrN3O5S/c1-13-3-6-15(7-4-13)29-12-18(25)23-24-20(30)22-19(26)16-11-14(21)5-8-17(16)28-10-9-27-2/h3-8,11H,9-10,12H2,1-2H3,(H,23,25)(H2,22,24,26,30). The van der Waals surface area contributed by atoms with Crippen LogP contribution in [0, 0.1) is 6.92 Å². The van der Waals surface area contributed by atoms with Crippen molar-refractivity contribution in [3.8, 4) is 11.5 Å². The molecule has 0 aliphatic rings. The lowest BCUT2D eigenvalue weighted by atomic mass is 10.2. The molecule has 0 radical (unpaired) electrons.